The summed E-state index contributed by atoms with van der Waals surface area (Å²) in [7, 11) is 0. The summed E-state index contributed by atoms with van der Waals surface area (Å²) in [6.45, 7) is 0. The highest BCUT2D eigenvalue weighted by Gasteiger charge is 2.19. The SMILES string of the molecule is c1ccc(-c2ccc(-c3ccc(-n4c5ccccc5c5cc6c(cc54)c4ccccc4n6-c4cccc(-c5ccc(-c6ccccc6)cc5)c4)cc3)cc2)cc1. The summed E-state index contributed by atoms with van der Waals surface area (Å²) < 4.78 is 4.87. The van der Waals surface area contributed by atoms with Crippen molar-refractivity contribution in [2.24, 2.45) is 0 Å². The maximum Gasteiger partial charge on any atom is 0.0548 e. The lowest BCUT2D eigenvalue weighted by Crippen LogP contribution is -1.95. The monoisotopic (exact) mass is 712 g/mol. The van der Waals surface area contributed by atoms with E-state index in [4.69, 9.17) is 0 Å². The van der Waals surface area contributed by atoms with E-state index in [1.54, 1.807) is 0 Å². The second-order valence-corrected chi connectivity index (χ2v) is 14.6. The van der Waals surface area contributed by atoms with Crippen molar-refractivity contribution in [2.75, 3.05) is 0 Å². The third-order valence-electron chi connectivity index (χ3n) is 11.3. The molecule has 0 N–H and O–H groups in total. The van der Waals surface area contributed by atoms with E-state index in [-0.39, 0.29) is 0 Å². The molecule has 0 fully saturated rings. The van der Waals surface area contributed by atoms with Gasteiger partial charge in [-0.3, -0.25) is 0 Å². The van der Waals surface area contributed by atoms with Crippen LogP contribution in [0.25, 0.3) is 99.5 Å². The van der Waals surface area contributed by atoms with Crippen molar-refractivity contribution in [3.8, 4) is 55.9 Å². The van der Waals surface area contributed by atoms with Crippen LogP contribution < -0.4 is 0 Å². The van der Waals surface area contributed by atoms with E-state index in [9.17, 15) is 0 Å². The Kier molecular flexibility index (Phi) is 7.53. The highest BCUT2D eigenvalue weighted by Crippen LogP contribution is 2.40. The van der Waals surface area contributed by atoms with E-state index in [1.807, 2.05) is 0 Å². The standard InChI is InChI=1S/C54H36N2/c1-3-12-37(13-4-1)39-22-24-41(25-23-39)42-30-32-45(33-31-42)55-51-20-9-7-18-47(51)49-36-54-50(35-53(49)55)48-19-8-10-21-52(48)56(54)46-17-11-16-44(34-46)43-28-26-40(27-29-43)38-14-5-2-6-15-38/h1-36H. The lowest BCUT2D eigenvalue weighted by atomic mass is 10.00. The van der Waals surface area contributed by atoms with Crippen molar-refractivity contribution in [2.45, 2.75) is 0 Å². The summed E-state index contributed by atoms with van der Waals surface area (Å²) in [4.78, 5) is 0. The maximum atomic E-state index is 2.44. The summed E-state index contributed by atoms with van der Waals surface area (Å²) in [5.74, 6) is 0. The molecule has 0 unspecified atom stereocenters. The summed E-state index contributed by atoms with van der Waals surface area (Å²) in [5, 5.41) is 4.97. The molecule has 0 aliphatic carbocycles. The second kappa shape index (κ2) is 13.2. The number of benzene rings is 9. The fourth-order valence-corrected chi connectivity index (χ4v) is 8.59. The Morgan fingerprint density at radius 1 is 0.196 bits per heavy atom. The van der Waals surface area contributed by atoms with Gasteiger partial charge in [-0.15, -0.1) is 0 Å². The van der Waals surface area contributed by atoms with Crippen LogP contribution in [0.2, 0.25) is 0 Å². The minimum absolute atomic E-state index is 1.15. The van der Waals surface area contributed by atoms with Gasteiger partial charge in [-0.2, -0.15) is 0 Å². The van der Waals surface area contributed by atoms with Crippen LogP contribution in [0.3, 0.4) is 0 Å². The van der Waals surface area contributed by atoms with Crippen LogP contribution >= 0.6 is 0 Å². The van der Waals surface area contributed by atoms with E-state index in [0.29, 0.717) is 0 Å². The van der Waals surface area contributed by atoms with Gasteiger partial charge >= 0.3 is 0 Å². The van der Waals surface area contributed by atoms with Crippen LogP contribution in [0.5, 0.6) is 0 Å². The van der Waals surface area contributed by atoms with Gasteiger partial charge in [0, 0.05) is 32.9 Å². The number of hydrogen-bond acceptors (Lipinski definition) is 0. The Morgan fingerprint density at radius 3 is 1.04 bits per heavy atom. The molecule has 2 heterocycles. The molecule has 262 valence electrons. The summed E-state index contributed by atoms with van der Waals surface area (Å²) in [5.41, 5.74) is 16.8. The fraction of sp³-hybridized carbons (Fsp3) is 0. The van der Waals surface area contributed by atoms with Crippen LogP contribution in [0.15, 0.2) is 218 Å². The second-order valence-electron chi connectivity index (χ2n) is 14.6. The molecule has 0 aliphatic rings. The number of nitrogens with zero attached hydrogens (tertiary/aromatic N) is 2. The average molecular weight is 713 g/mol. The van der Waals surface area contributed by atoms with Crippen molar-refractivity contribution in [3.63, 3.8) is 0 Å². The van der Waals surface area contributed by atoms with Crippen LogP contribution in [0.1, 0.15) is 0 Å². The first kappa shape index (κ1) is 32.0. The van der Waals surface area contributed by atoms with Gasteiger partial charge in [0.1, 0.15) is 0 Å². The topological polar surface area (TPSA) is 9.86 Å². The normalized spacial score (nSPS) is 11.6. The Balaban J connectivity index is 1.02. The lowest BCUT2D eigenvalue weighted by Gasteiger charge is -2.12. The summed E-state index contributed by atoms with van der Waals surface area (Å²) in [6, 6.07) is 79.3. The molecule has 2 nitrogen and oxygen atoms in total. The van der Waals surface area contributed by atoms with E-state index >= 15 is 0 Å². The molecular formula is C54H36N2. The van der Waals surface area contributed by atoms with Crippen molar-refractivity contribution < 1.29 is 0 Å². The molecule has 2 aromatic heterocycles. The zero-order valence-corrected chi connectivity index (χ0v) is 30.7. The molecule has 11 rings (SSSR count). The van der Waals surface area contributed by atoms with E-state index in [2.05, 4.69) is 228 Å². The molecule has 0 bridgehead atoms. The summed E-state index contributed by atoms with van der Waals surface area (Å²) >= 11 is 0. The summed E-state index contributed by atoms with van der Waals surface area (Å²) in [6.07, 6.45) is 0. The van der Waals surface area contributed by atoms with Crippen molar-refractivity contribution >= 4 is 43.6 Å². The average Bonchev–Trinajstić information content (AvgIpc) is 3.78. The van der Waals surface area contributed by atoms with Gasteiger partial charge in [-0.05, 0) is 93.0 Å². The first-order chi connectivity index (χ1) is 27.8. The van der Waals surface area contributed by atoms with Crippen molar-refractivity contribution in [1.29, 1.82) is 0 Å². The van der Waals surface area contributed by atoms with E-state index in [1.165, 1.54) is 88.1 Å². The van der Waals surface area contributed by atoms with E-state index < -0.39 is 0 Å². The van der Waals surface area contributed by atoms with Gasteiger partial charge in [0.15, 0.2) is 0 Å². The highest BCUT2D eigenvalue weighted by atomic mass is 15.0. The maximum absolute atomic E-state index is 2.44. The molecule has 11 aromatic rings. The van der Waals surface area contributed by atoms with Gasteiger partial charge in [0.05, 0.1) is 22.1 Å². The van der Waals surface area contributed by atoms with Crippen LogP contribution in [0, 0.1) is 0 Å². The van der Waals surface area contributed by atoms with Gasteiger partial charge in [0.2, 0.25) is 0 Å². The first-order valence-electron chi connectivity index (χ1n) is 19.3. The van der Waals surface area contributed by atoms with Crippen molar-refractivity contribution in [1.82, 2.24) is 9.13 Å². The number of rotatable bonds is 6. The molecule has 0 atom stereocenters. The molecule has 0 amide bonds. The molecule has 9 aromatic carbocycles. The minimum atomic E-state index is 1.15. The van der Waals surface area contributed by atoms with E-state index in [0.717, 1.165) is 11.4 Å². The minimum Gasteiger partial charge on any atom is -0.309 e. The quantitative estimate of drug-likeness (QED) is 0.162. The molecule has 2 heteroatoms. The fourth-order valence-electron chi connectivity index (χ4n) is 8.59. The smallest absolute Gasteiger partial charge is 0.0548 e. The molecule has 0 saturated carbocycles. The van der Waals surface area contributed by atoms with Crippen LogP contribution in [-0.4, -0.2) is 9.13 Å². The molecule has 56 heavy (non-hydrogen) atoms. The predicted octanol–water partition coefficient (Wildman–Crippen LogP) is 14.5. The Morgan fingerprint density at radius 2 is 0.554 bits per heavy atom. The van der Waals surface area contributed by atoms with Crippen LogP contribution in [-0.2, 0) is 0 Å². The number of aromatic nitrogens is 2. The van der Waals surface area contributed by atoms with Gasteiger partial charge < -0.3 is 9.13 Å². The third kappa shape index (κ3) is 5.34. The zero-order chi connectivity index (χ0) is 37.0. The molecule has 0 radical (unpaired) electrons. The Bertz CT molecular complexity index is 3190. The molecule has 0 saturated heterocycles. The Labute approximate surface area is 325 Å². The van der Waals surface area contributed by atoms with Gasteiger partial charge in [0.25, 0.3) is 0 Å². The number of fused-ring (bicyclic) bond motifs is 6. The molecule has 0 aliphatic heterocycles. The Hall–Kier alpha value is -7.42. The zero-order valence-electron chi connectivity index (χ0n) is 30.7. The number of hydrogen-bond donors (Lipinski definition) is 0. The van der Waals surface area contributed by atoms with Gasteiger partial charge in [-0.1, -0.05) is 170 Å². The lowest BCUT2D eigenvalue weighted by molar-refractivity contribution is 1.17. The number of para-hydroxylation sites is 2. The van der Waals surface area contributed by atoms with Crippen LogP contribution in [0.4, 0.5) is 0 Å². The van der Waals surface area contributed by atoms with Crippen molar-refractivity contribution in [3.05, 3.63) is 218 Å². The molecular weight excluding hydrogens is 677 g/mol. The molecule has 0 spiro atoms. The largest absolute Gasteiger partial charge is 0.309 e. The first-order valence-corrected chi connectivity index (χ1v) is 19.3. The van der Waals surface area contributed by atoms with Gasteiger partial charge in [-0.25, -0.2) is 0 Å². The predicted molar refractivity (Wildman–Crippen MR) is 237 cm³/mol. The highest BCUT2D eigenvalue weighted by molar-refractivity contribution is 6.19. The third-order valence-corrected chi connectivity index (χ3v) is 11.3.